The average molecular weight is 264 g/mol. The maximum atomic E-state index is 12.3. The highest BCUT2D eigenvalue weighted by atomic mass is 32.2. The lowest BCUT2D eigenvalue weighted by molar-refractivity contribution is 0.241. The Kier molecular flexibility index (Phi) is 6.23. The van der Waals surface area contributed by atoms with Crippen LogP contribution in [0.3, 0.4) is 0 Å². The first-order valence-electron chi connectivity index (χ1n) is 5.37. The van der Waals surface area contributed by atoms with Crippen LogP contribution in [0.25, 0.3) is 0 Å². The van der Waals surface area contributed by atoms with E-state index in [-0.39, 0.29) is 10.8 Å². The van der Waals surface area contributed by atoms with Crippen molar-refractivity contribution in [3.05, 3.63) is 24.0 Å². The van der Waals surface area contributed by atoms with Crippen molar-refractivity contribution in [1.29, 1.82) is 4.78 Å². The van der Waals surface area contributed by atoms with Gasteiger partial charge in [-0.05, 0) is 18.1 Å². The highest BCUT2D eigenvalue weighted by Gasteiger charge is 2.22. The summed E-state index contributed by atoms with van der Waals surface area (Å²) in [5.74, 6) is -3.11. The van der Waals surface area contributed by atoms with Gasteiger partial charge in [0.1, 0.15) is 9.73 Å². The molecule has 3 nitrogen and oxygen atoms in total. The summed E-state index contributed by atoms with van der Waals surface area (Å²) in [6, 6.07) is 2.51. The highest BCUT2D eigenvalue weighted by Crippen LogP contribution is 2.21. The normalized spacial score (nSPS) is 14.1. The maximum absolute atomic E-state index is 12.3. The van der Waals surface area contributed by atoms with Gasteiger partial charge in [0.25, 0.3) is 0 Å². The number of alkyl halides is 2. The molecule has 0 bridgehead atoms. The largest absolute Gasteiger partial charge is 0.323 e. The van der Waals surface area contributed by atoms with Gasteiger partial charge in [0, 0.05) is 11.9 Å². The quantitative estimate of drug-likeness (QED) is 0.901. The SMILES string of the molecule is CC.CC(C)c1cc(S(=N)(=O)C(F)F)ccn1. The standard InChI is InChI=1S/C9H12F2N2OS.C2H6/c1-6(2)8-5-7(3-4-13-8)15(12,14)9(10)11;1-2/h3-6,9,12H,1-2H3;1-2H3. The van der Waals surface area contributed by atoms with Gasteiger partial charge in [-0.2, -0.15) is 8.78 Å². The van der Waals surface area contributed by atoms with Gasteiger partial charge in [0.05, 0.1) is 4.90 Å². The topological polar surface area (TPSA) is 53.8 Å². The third-order valence-corrected chi connectivity index (χ3v) is 3.40. The summed E-state index contributed by atoms with van der Waals surface area (Å²) in [4.78, 5) is 3.80. The molecule has 0 aliphatic rings. The predicted molar refractivity (Wildman–Crippen MR) is 64.8 cm³/mol. The van der Waals surface area contributed by atoms with Crippen LogP contribution in [0.2, 0.25) is 0 Å². The van der Waals surface area contributed by atoms with Gasteiger partial charge >= 0.3 is 5.76 Å². The zero-order valence-electron chi connectivity index (χ0n) is 10.4. The third kappa shape index (κ3) is 4.03. The minimum Gasteiger partial charge on any atom is -0.261 e. The summed E-state index contributed by atoms with van der Waals surface area (Å²) in [7, 11) is -4.01. The molecule has 1 rings (SSSR count). The molecule has 0 aromatic carbocycles. The van der Waals surface area contributed by atoms with Crippen LogP contribution in [-0.4, -0.2) is 15.0 Å². The number of pyridine rings is 1. The van der Waals surface area contributed by atoms with Crippen molar-refractivity contribution in [3.63, 3.8) is 0 Å². The van der Waals surface area contributed by atoms with E-state index >= 15 is 0 Å². The van der Waals surface area contributed by atoms with Gasteiger partial charge in [0.15, 0.2) is 0 Å². The van der Waals surface area contributed by atoms with Crippen molar-refractivity contribution in [2.75, 3.05) is 0 Å². The Morgan fingerprint density at radius 1 is 1.35 bits per heavy atom. The van der Waals surface area contributed by atoms with Crippen molar-refractivity contribution in [2.24, 2.45) is 0 Å². The minimum atomic E-state index is -4.01. The van der Waals surface area contributed by atoms with Crippen molar-refractivity contribution < 1.29 is 13.0 Å². The summed E-state index contributed by atoms with van der Waals surface area (Å²) >= 11 is 0. The van der Waals surface area contributed by atoms with E-state index in [1.807, 2.05) is 27.7 Å². The van der Waals surface area contributed by atoms with Crippen molar-refractivity contribution in [1.82, 2.24) is 4.98 Å². The molecule has 0 saturated heterocycles. The highest BCUT2D eigenvalue weighted by molar-refractivity contribution is 7.92. The predicted octanol–water partition coefficient (Wildman–Crippen LogP) is 3.86. The van der Waals surface area contributed by atoms with Crippen molar-refractivity contribution in [2.45, 2.75) is 44.3 Å². The van der Waals surface area contributed by atoms with E-state index in [0.717, 1.165) is 0 Å². The van der Waals surface area contributed by atoms with Crippen molar-refractivity contribution >= 4 is 9.73 Å². The van der Waals surface area contributed by atoms with Gasteiger partial charge in [-0.15, -0.1) is 0 Å². The molecule has 0 amide bonds. The molecule has 0 aliphatic heterocycles. The van der Waals surface area contributed by atoms with E-state index in [2.05, 4.69) is 4.98 Å². The van der Waals surface area contributed by atoms with E-state index < -0.39 is 15.5 Å². The number of aromatic nitrogens is 1. The fourth-order valence-corrected chi connectivity index (χ4v) is 1.80. The zero-order valence-corrected chi connectivity index (χ0v) is 11.2. The van der Waals surface area contributed by atoms with Crippen LogP contribution < -0.4 is 0 Å². The van der Waals surface area contributed by atoms with Crippen LogP contribution >= 0.6 is 0 Å². The number of halogens is 2. The van der Waals surface area contributed by atoms with E-state index in [4.69, 9.17) is 4.78 Å². The molecule has 0 spiro atoms. The molecule has 1 aromatic heterocycles. The zero-order chi connectivity index (χ0) is 13.6. The van der Waals surface area contributed by atoms with E-state index in [0.29, 0.717) is 5.69 Å². The molecule has 0 radical (unpaired) electrons. The van der Waals surface area contributed by atoms with Crippen LogP contribution in [0.4, 0.5) is 8.78 Å². The maximum Gasteiger partial charge on any atom is 0.323 e. The molecule has 6 heteroatoms. The Hall–Kier alpha value is -1.04. The number of hydrogen-bond acceptors (Lipinski definition) is 3. The van der Waals surface area contributed by atoms with Crippen LogP contribution in [0.5, 0.6) is 0 Å². The lowest BCUT2D eigenvalue weighted by atomic mass is 10.1. The van der Waals surface area contributed by atoms with Gasteiger partial charge < -0.3 is 0 Å². The Morgan fingerprint density at radius 3 is 2.29 bits per heavy atom. The lowest BCUT2D eigenvalue weighted by Crippen LogP contribution is -2.10. The van der Waals surface area contributed by atoms with Gasteiger partial charge in [-0.1, -0.05) is 27.7 Å². The summed E-state index contributed by atoms with van der Waals surface area (Å²) in [6.45, 7) is 7.69. The van der Waals surface area contributed by atoms with E-state index in [1.54, 1.807) is 0 Å². The second kappa shape index (κ2) is 6.64. The van der Waals surface area contributed by atoms with Gasteiger partial charge in [-0.25, -0.2) is 8.99 Å². The molecule has 1 heterocycles. The minimum absolute atomic E-state index is 0.0535. The van der Waals surface area contributed by atoms with Crippen LogP contribution in [-0.2, 0) is 9.73 Å². The second-order valence-electron chi connectivity index (χ2n) is 3.43. The number of nitrogens with one attached hydrogen (secondary N) is 1. The molecule has 0 fully saturated rings. The number of rotatable bonds is 3. The molecule has 0 saturated carbocycles. The number of nitrogens with zero attached hydrogens (tertiary/aromatic N) is 1. The van der Waals surface area contributed by atoms with Gasteiger partial charge in [0.2, 0.25) is 0 Å². The fourth-order valence-electron chi connectivity index (χ4n) is 1.04. The third-order valence-electron chi connectivity index (χ3n) is 1.95. The molecule has 17 heavy (non-hydrogen) atoms. The summed E-state index contributed by atoms with van der Waals surface area (Å²) in [5, 5.41) is 0. The molecular formula is C11H18F2N2OS. The van der Waals surface area contributed by atoms with Gasteiger partial charge in [-0.3, -0.25) is 4.98 Å². The second-order valence-corrected chi connectivity index (χ2v) is 5.46. The van der Waals surface area contributed by atoms with Crippen molar-refractivity contribution in [3.8, 4) is 0 Å². The average Bonchev–Trinajstić information content (AvgIpc) is 2.31. The summed E-state index contributed by atoms with van der Waals surface area (Å²) in [6.07, 6.45) is 1.31. The first-order chi connectivity index (χ1) is 7.85. The van der Waals surface area contributed by atoms with Crippen LogP contribution in [0.1, 0.15) is 39.3 Å². The first-order valence-corrected chi connectivity index (χ1v) is 6.99. The molecular weight excluding hydrogens is 246 g/mol. The Labute approximate surface area is 101 Å². The Morgan fingerprint density at radius 2 is 1.88 bits per heavy atom. The first kappa shape index (κ1) is 16.0. The molecule has 1 N–H and O–H groups in total. The molecule has 1 atom stereocenters. The molecule has 98 valence electrons. The number of hydrogen-bond donors (Lipinski definition) is 1. The smallest absolute Gasteiger partial charge is 0.261 e. The Bertz CT molecular complexity index is 445. The summed E-state index contributed by atoms with van der Waals surface area (Å²) in [5.41, 5.74) is 0.563. The Balaban J connectivity index is 0.00000121. The van der Waals surface area contributed by atoms with E-state index in [1.165, 1.54) is 18.3 Å². The van der Waals surface area contributed by atoms with E-state index in [9.17, 15) is 13.0 Å². The molecule has 1 unspecified atom stereocenters. The van der Waals surface area contributed by atoms with Crippen LogP contribution in [0, 0.1) is 4.78 Å². The fraction of sp³-hybridized carbons (Fsp3) is 0.545. The molecule has 1 aromatic rings. The van der Waals surface area contributed by atoms with Crippen LogP contribution in [0.15, 0.2) is 23.2 Å². The monoisotopic (exact) mass is 264 g/mol. The molecule has 0 aliphatic carbocycles. The summed E-state index contributed by atoms with van der Waals surface area (Å²) < 4.78 is 43.2. The lowest BCUT2D eigenvalue weighted by Gasteiger charge is -2.09.